The number of pyridine rings is 2. The van der Waals surface area contributed by atoms with Crippen molar-refractivity contribution in [2.24, 2.45) is 24.0 Å². The Bertz CT molecular complexity index is 1870. The van der Waals surface area contributed by atoms with E-state index < -0.39 is 46.7 Å². The first-order chi connectivity index (χ1) is 20.9. The van der Waals surface area contributed by atoms with Crippen LogP contribution < -0.4 is 16.7 Å². The van der Waals surface area contributed by atoms with Gasteiger partial charge >= 0.3 is 11.9 Å². The second kappa shape index (κ2) is 9.63. The monoisotopic (exact) mass is 604 g/mol. The third kappa shape index (κ3) is 4.66. The molecule has 0 aliphatic heterocycles. The second-order valence-electron chi connectivity index (χ2n) is 11.6. The molecule has 4 aromatic rings. The number of hydrogen-bond donors (Lipinski definition) is 3. The van der Waals surface area contributed by atoms with Gasteiger partial charge in [0.25, 0.3) is 0 Å². The number of nitrogens with one attached hydrogen (secondary N) is 1. The molecule has 4 aromatic heterocycles. The summed E-state index contributed by atoms with van der Waals surface area (Å²) in [4.78, 5) is 38.4. The molecule has 1 amide bonds. The molecule has 3 aliphatic rings. The van der Waals surface area contributed by atoms with Crippen LogP contribution in [0.4, 0.5) is 24.8 Å². The number of nitrogens with zero attached hydrogens (tertiary/aromatic N) is 5. The van der Waals surface area contributed by atoms with Crippen molar-refractivity contribution in [1.29, 1.82) is 0 Å². The number of carbonyl (C=O) groups excluding carboxylic acids is 1. The Morgan fingerprint density at radius 1 is 1.17 bits per heavy atom. The molecule has 3 aliphatic carbocycles. The van der Waals surface area contributed by atoms with E-state index in [0.29, 0.717) is 46.9 Å². The van der Waals surface area contributed by atoms with Crippen molar-refractivity contribution in [3.63, 3.8) is 0 Å². The van der Waals surface area contributed by atoms with Gasteiger partial charge in [0.05, 0.1) is 40.5 Å². The van der Waals surface area contributed by atoms with Gasteiger partial charge in [0, 0.05) is 17.2 Å². The SMILES string of the molecule is [2H]C([2H])([2H])n1c(=O)n(C2CC3CCC2(C(N)=O)CC3)c2cc(Nc3cc(C(C)(C)O)cc(-c4ncc(C(F)(F)F)s4)n3)ncc21. The number of rotatable bonds is 6. The summed E-state index contributed by atoms with van der Waals surface area (Å²) in [5.74, 6) is -0.0374. The molecule has 0 aromatic carbocycles. The predicted octanol–water partition coefficient (Wildman–Crippen LogP) is 4.85. The van der Waals surface area contributed by atoms with E-state index in [4.69, 9.17) is 9.85 Å². The smallest absolute Gasteiger partial charge is 0.386 e. The Morgan fingerprint density at radius 2 is 1.90 bits per heavy atom. The van der Waals surface area contributed by atoms with E-state index in [2.05, 4.69) is 20.3 Å². The minimum atomic E-state index is -4.59. The molecule has 0 radical (unpaired) electrons. The fourth-order valence-electron chi connectivity index (χ4n) is 6.26. The Morgan fingerprint density at radius 3 is 2.52 bits per heavy atom. The highest BCUT2D eigenvalue weighted by atomic mass is 32.1. The van der Waals surface area contributed by atoms with Crippen molar-refractivity contribution in [3.05, 3.63) is 51.5 Å². The molecule has 4 heterocycles. The molecule has 14 heteroatoms. The highest BCUT2D eigenvalue weighted by Crippen LogP contribution is 2.56. The molecule has 1 unspecified atom stereocenters. The van der Waals surface area contributed by atoms with Crippen LogP contribution in [0.5, 0.6) is 0 Å². The number of fused-ring (bicyclic) bond motifs is 4. The molecule has 4 N–H and O–H groups in total. The number of thiazole rings is 1. The largest absolute Gasteiger partial charge is 0.427 e. The molecular formula is C28H30F3N7O3S. The lowest BCUT2D eigenvalue weighted by molar-refractivity contribution is -0.138. The molecule has 10 nitrogen and oxygen atoms in total. The molecule has 3 saturated carbocycles. The molecule has 0 saturated heterocycles. The van der Waals surface area contributed by atoms with Gasteiger partial charge in [0.2, 0.25) is 5.91 Å². The molecule has 222 valence electrons. The van der Waals surface area contributed by atoms with Crippen LogP contribution >= 0.6 is 11.3 Å². The number of hydrogen-bond acceptors (Lipinski definition) is 8. The number of aliphatic hydroxyl groups is 1. The molecule has 1 atom stereocenters. The van der Waals surface area contributed by atoms with Gasteiger partial charge in [-0.05, 0) is 69.6 Å². The zero-order valence-electron chi connectivity index (χ0n) is 25.7. The van der Waals surface area contributed by atoms with E-state index in [9.17, 15) is 27.9 Å². The summed E-state index contributed by atoms with van der Waals surface area (Å²) in [5, 5.41) is 13.7. The number of aromatic nitrogens is 5. The summed E-state index contributed by atoms with van der Waals surface area (Å²) in [6, 6.07) is 3.75. The summed E-state index contributed by atoms with van der Waals surface area (Å²) in [6.45, 7) is 0.170. The summed E-state index contributed by atoms with van der Waals surface area (Å²) < 4.78 is 66.0. The predicted molar refractivity (Wildman–Crippen MR) is 151 cm³/mol. The van der Waals surface area contributed by atoms with Gasteiger partial charge in [-0.2, -0.15) is 13.2 Å². The van der Waals surface area contributed by atoms with E-state index in [1.807, 2.05) is 0 Å². The Balaban J connectivity index is 1.48. The third-order valence-electron chi connectivity index (χ3n) is 8.55. The van der Waals surface area contributed by atoms with Crippen LogP contribution in [0.25, 0.3) is 21.7 Å². The second-order valence-corrected chi connectivity index (χ2v) is 12.6. The Kier molecular flexibility index (Phi) is 5.68. The number of halogens is 3. The maximum Gasteiger partial charge on any atom is 0.427 e. The number of anilines is 2. The van der Waals surface area contributed by atoms with Gasteiger partial charge in [-0.25, -0.2) is 19.7 Å². The first kappa shape index (κ1) is 24.8. The van der Waals surface area contributed by atoms with Gasteiger partial charge in [-0.15, -0.1) is 11.3 Å². The Labute approximate surface area is 246 Å². The van der Waals surface area contributed by atoms with Gasteiger partial charge < -0.3 is 16.2 Å². The standard InChI is InChI=1S/C28H30F3N7O3S/c1-26(2,41)15-9-16(23-34-13-20(42-23)28(29,30)31)35-22(10-15)36-21-11-17-18(12-33-21)37(3)25(40)38(17)19-8-14-4-6-27(19,7-5-14)24(32)39/h9-14,19,41H,4-8H2,1-3H3,(H2,32,39)(H,33,35,36)/i3D3. The lowest BCUT2D eigenvalue weighted by Crippen LogP contribution is -2.52. The van der Waals surface area contributed by atoms with Crippen LogP contribution in [0.1, 0.15) is 66.5 Å². The minimum Gasteiger partial charge on any atom is -0.386 e. The zero-order valence-corrected chi connectivity index (χ0v) is 23.5. The first-order valence-corrected chi connectivity index (χ1v) is 14.2. The van der Waals surface area contributed by atoms with Crippen LogP contribution in [0.3, 0.4) is 0 Å². The fourth-order valence-corrected chi connectivity index (χ4v) is 7.01. The van der Waals surface area contributed by atoms with Crippen molar-refractivity contribution >= 4 is 39.9 Å². The van der Waals surface area contributed by atoms with Crippen molar-refractivity contribution in [3.8, 4) is 10.7 Å². The summed E-state index contributed by atoms with van der Waals surface area (Å²) in [7, 11) is 0. The highest BCUT2D eigenvalue weighted by Gasteiger charge is 2.53. The molecule has 42 heavy (non-hydrogen) atoms. The van der Waals surface area contributed by atoms with Gasteiger partial charge in [-0.3, -0.25) is 13.9 Å². The van der Waals surface area contributed by atoms with Crippen LogP contribution in [0.15, 0.2) is 35.4 Å². The van der Waals surface area contributed by atoms with E-state index >= 15 is 0 Å². The van der Waals surface area contributed by atoms with Crippen LogP contribution in [-0.2, 0) is 23.5 Å². The highest BCUT2D eigenvalue weighted by molar-refractivity contribution is 7.15. The van der Waals surface area contributed by atoms with Crippen molar-refractivity contribution in [1.82, 2.24) is 24.1 Å². The zero-order chi connectivity index (χ0) is 32.7. The number of amides is 1. The molecule has 7 rings (SSSR count). The lowest BCUT2D eigenvalue weighted by Gasteiger charge is -2.50. The average Bonchev–Trinajstić information content (AvgIpc) is 3.56. The van der Waals surface area contributed by atoms with Gasteiger partial charge in [0.15, 0.2) is 0 Å². The van der Waals surface area contributed by atoms with Crippen molar-refractivity contribution < 1.29 is 27.2 Å². The number of nitrogens with two attached hydrogens (primary N) is 1. The number of alkyl halides is 3. The minimum absolute atomic E-state index is 0.0208. The third-order valence-corrected chi connectivity index (χ3v) is 9.61. The van der Waals surface area contributed by atoms with Crippen molar-refractivity contribution in [2.75, 3.05) is 5.32 Å². The van der Waals surface area contributed by atoms with Crippen molar-refractivity contribution in [2.45, 2.75) is 63.8 Å². The molecule has 3 fully saturated rings. The van der Waals surface area contributed by atoms with E-state index in [0.717, 1.165) is 12.8 Å². The summed E-state index contributed by atoms with van der Waals surface area (Å²) >= 11 is 0.406. The van der Waals surface area contributed by atoms with Crippen LogP contribution in [0.2, 0.25) is 0 Å². The topological polar surface area (TPSA) is 141 Å². The maximum absolute atomic E-state index is 13.8. The van der Waals surface area contributed by atoms with E-state index in [-0.39, 0.29) is 39.3 Å². The number of imidazole rings is 1. The number of primary amides is 1. The lowest BCUT2D eigenvalue weighted by atomic mass is 9.57. The molecule has 0 spiro atoms. The van der Waals surface area contributed by atoms with E-state index in [1.165, 1.54) is 42.8 Å². The quantitative estimate of drug-likeness (QED) is 0.286. The summed E-state index contributed by atoms with van der Waals surface area (Å²) in [6.07, 6.45) is 0.402. The summed E-state index contributed by atoms with van der Waals surface area (Å²) in [5.41, 5.74) is 3.36. The fraction of sp³-hybridized carbons (Fsp3) is 0.464. The van der Waals surface area contributed by atoms with Crippen LogP contribution in [0, 0.1) is 11.3 Å². The Hall–Kier alpha value is -3.78. The first-order valence-electron chi connectivity index (χ1n) is 14.9. The number of carbonyl (C=O) groups is 1. The molecular weight excluding hydrogens is 571 g/mol. The number of aryl methyl sites for hydroxylation is 1. The van der Waals surface area contributed by atoms with Gasteiger partial charge in [0.1, 0.15) is 27.2 Å². The maximum atomic E-state index is 13.8. The van der Waals surface area contributed by atoms with E-state index in [1.54, 1.807) is 0 Å². The van der Waals surface area contributed by atoms with Gasteiger partial charge in [-0.1, -0.05) is 0 Å². The molecule has 2 bridgehead atoms. The average molecular weight is 605 g/mol. The van der Waals surface area contributed by atoms with Crippen LogP contribution in [-0.4, -0.2) is 35.1 Å². The normalized spacial score (nSPS) is 23.9.